The van der Waals surface area contributed by atoms with Crippen molar-refractivity contribution < 1.29 is 14.0 Å². The van der Waals surface area contributed by atoms with E-state index in [4.69, 9.17) is 4.42 Å². The van der Waals surface area contributed by atoms with Gasteiger partial charge in [0.05, 0.1) is 6.20 Å². The first-order valence-electron chi connectivity index (χ1n) is 8.71. The Hall–Kier alpha value is -2.63. The van der Waals surface area contributed by atoms with E-state index in [1.807, 2.05) is 18.2 Å². The van der Waals surface area contributed by atoms with E-state index in [-0.39, 0.29) is 11.8 Å². The van der Waals surface area contributed by atoms with Crippen LogP contribution in [0.3, 0.4) is 0 Å². The second kappa shape index (κ2) is 7.96. The summed E-state index contributed by atoms with van der Waals surface area (Å²) in [4.78, 5) is 28.3. The number of anilines is 1. The van der Waals surface area contributed by atoms with Crippen LogP contribution in [0.2, 0.25) is 0 Å². The van der Waals surface area contributed by atoms with Gasteiger partial charge in [0, 0.05) is 17.7 Å². The fourth-order valence-corrected chi connectivity index (χ4v) is 3.20. The van der Waals surface area contributed by atoms with Crippen LogP contribution in [0.5, 0.6) is 0 Å². The average Bonchev–Trinajstić information content (AvgIpc) is 3.28. The number of aromatic nitrogens is 1. The highest BCUT2D eigenvalue weighted by atomic mass is 16.3. The first-order chi connectivity index (χ1) is 12.1. The van der Waals surface area contributed by atoms with Crippen LogP contribution >= 0.6 is 0 Å². The molecular weight excluding hydrogens is 318 g/mol. The average molecular weight is 341 g/mol. The molecule has 0 bridgehead atoms. The van der Waals surface area contributed by atoms with E-state index in [0.29, 0.717) is 23.8 Å². The van der Waals surface area contributed by atoms with Crippen molar-refractivity contribution in [2.45, 2.75) is 45.1 Å². The maximum atomic E-state index is 12.3. The lowest BCUT2D eigenvalue weighted by atomic mass is 10.0. The molecule has 1 fully saturated rings. The van der Waals surface area contributed by atoms with Crippen molar-refractivity contribution in [1.82, 2.24) is 10.3 Å². The molecule has 1 aliphatic carbocycles. The predicted molar refractivity (Wildman–Crippen MR) is 94.7 cm³/mol. The number of hydrogen-bond acceptors (Lipinski definition) is 4. The van der Waals surface area contributed by atoms with Gasteiger partial charge in [0.1, 0.15) is 6.04 Å². The van der Waals surface area contributed by atoms with Gasteiger partial charge in [-0.1, -0.05) is 25.0 Å². The Morgan fingerprint density at radius 3 is 2.84 bits per heavy atom. The molecule has 0 radical (unpaired) electrons. The van der Waals surface area contributed by atoms with Crippen LogP contribution < -0.4 is 10.6 Å². The van der Waals surface area contributed by atoms with Gasteiger partial charge in [-0.05, 0) is 37.8 Å². The maximum absolute atomic E-state index is 12.3. The number of hydrogen-bond donors (Lipinski definition) is 2. The zero-order valence-electron chi connectivity index (χ0n) is 14.3. The van der Waals surface area contributed by atoms with Crippen LogP contribution in [-0.4, -0.2) is 22.8 Å². The largest absolute Gasteiger partial charge is 0.444 e. The third kappa shape index (κ3) is 4.68. The minimum Gasteiger partial charge on any atom is -0.444 e. The second-order valence-corrected chi connectivity index (χ2v) is 6.58. The Morgan fingerprint density at radius 2 is 2.12 bits per heavy atom. The van der Waals surface area contributed by atoms with E-state index >= 15 is 0 Å². The van der Waals surface area contributed by atoms with E-state index in [9.17, 15) is 9.59 Å². The lowest BCUT2D eigenvalue weighted by Gasteiger charge is -2.16. The van der Waals surface area contributed by atoms with Crippen molar-refractivity contribution >= 4 is 17.5 Å². The summed E-state index contributed by atoms with van der Waals surface area (Å²) in [5, 5.41) is 5.62. The molecule has 2 aromatic rings. The number of nitrogens with one attached hydrogen (secondary N) is 2. The summed E-state index contributed by atoms with van der Waals surface area (Å²) in [6, 6.07) is 6.73. The summed E-state index contributed by atoms with van der Waals surface area (Å²) in [5.41, 5.74) is 1.48. The van der Waals surface area contributed by atoms with Crippen molar-refractivity contribution in [1.29, 1.82) is 0 Å². The fraction of sp³-hybridized carbons (Fsp3) is 0.421. The molecule has 1 aromatic heterocycles. The molecule has 1 aliphatic rings. The lowest BCUT2D eigenvalue weighted by Crippen LogP contribution is -2.42. The van der Waals surface area contributed by atoms with Crippen LogP contribution in [0.1, 0.15) is 39.0 Å². The molecule has 3 rings (SSSR count). The first-order valence-corrected chi connectivity index (χ1v) is 8.71. The zero-order valence-corrected chi connectivity index (χ0v) is 14.3. The van der Waals surface area contributed by atoms with Crippen LogP contribution in [0, 0.1) is 5.92 Å². The smallest absolute Gasteiger partial charge is 0.246 e. The van der Waals surface area contributed by atoms with Crippen molar-refractivity contribution in [3.8, 4) is 11.3 Å². The van der Waals surface area contributed by atoms with Crippen LogP contribution in [0.15, 0.2) is 41.3 Å². The predicted octanol–water partition coefficient (Wildman–Crippen LogP) is 3.37. The summed E-state index contributed by atoms with van der Waals surface area (Å²) >= 11 is 0. The topological polar surface area (TPSA) is 84.2 Å². The minimum atomic E-state index is -0.581. The highest BCUT2D eigenvalue weighted by Gasteiger charge is 2.21. The second-order valence-electron chi connectivity index (χ2n) is 6.58. The van der Waals surface area contributed by atoms with Gasteiger partial charge in [-0.25, -0.2) is 4.98 Å². The van der Waals surface area contributed by atoms with E-state index in [2.05, 4.69) is 15.6 Å². The third-order valence-corrected chi connectivity index (χ3v) is 4.57. The van der Waals surface area contributed by atoms with Gasteiger partial charge in [-0.2, -0.15) is 0 Å². The zero-order chi connectivity index (χ0) is 17.6. The number of nitrogens with zero attached hydrogens (tertiary/aromatic N) is 1. The monoisotopic (exact) mass is 341 g/mol. The number of amides is 2. The quantitative estimate of drug-likeness (QED) is 0.844. The van der Waals surface area contributed by atoms with Crippen molar-refractivity contribution in [2.24, 2.45) is 5.92 Å². The molecule has 0 spiro atoms. The third-order valence-electron chi connectivity index (χ3n) is 4.57. The lowest BCUT2D eigenvalue weighted by molar-refractivity contribution is -0.126. The summed E-state index contributed by atoms with van der Waals surface area (Å²) in [5.74, 6) is 0.808. The molecule has 0 aliphatic heterocycles. The molecule has 6 heteroatoms. The molecule has 1 aromatic carbocycles. The van der Waals surface area contributed by atoms with E-state index < -0.39 is 6.04 Å². The highest BCUT2D eigenvalue weighted by Crippen LogP contribution is 2.27. The van der Waals surface area contributed by atoms with Crippen LogP contribution in [-0.2, 0) is 9.59 Å². The Kier molecular flexibility index (Phi) is 5.48. The van der Waals surface area contributed by atoms with Crippen LogP contribution in [0.4, 0.5) is 5.69 Å². The number of carbonyl (C=O) groups excluding carboxylic acids is 2. The van der Waals surface area contributed by atoms with Gasteiger partial charge in [0.25, 0.3) is 0 Å². The number of oxazole rings is 1. The first kappa shape index (κ1) is 17.2. The summed E-state index contributed by atoms with van der Waals surface area (Å²) in [6.45, 7) is 1.70. The van der Waals surface area contributed by atoms with E-state index in [0.717, 1.165) is 18.4 Å². The summed E-state index contributed by atoms with van der Waals surface area (Å²) in [6.07, 6.45) is 8.13. The molecule has 6 nitrogen and oxygen atoms in total. The van der Waals surface area contributed by atoms with Gasteiger partial charge in [0.15, 0.2) is 12.2 Å². The molecule has 0 saturated heterocycles. The molecule has 132 valence electrons. The Balaban J connectivity index is 1.54. The minimum absolute atomic E-state index is 0.0510. The molecule has 25 heavy (non-hydrogen) atoms. The van der Waals surface area contributed by atoms with Gasteiger partial charge in [0.2, 0.25) is 11.8 Å². The van der Waals surface area contributed by atoms with Gasteiger partial charge < -0.3 is 15.1 Å². The molecule has 0 unspecified atom stereocenters. The van der Waals surface area contributed by atoms with Crippen molar-refractivity contribution in [3.05, 3.63) is 36.9 Å². The van der Waals surface area contributed by atoms with Crippen molar-refractivity contribution in [2.75, 3.05) is 5.32 Å². The standard InChI is InChI=1S/C19H23N3O3/c1-13(21-18(23)9-14-5-2-3-6-14)19(24)22-16-8-4-7-15(10-16)17-11-20-12-25-17/h4,7-8,10-14H,2-3,5-6,9H2,1H3,(H,21,23)(H,22,24)/t13-/m0/s1. The number of benzene rings is 1. The van der Waals surface area contributed by atoms with Crippen LogP contribution in [0.25, 0.3) is 11.3 Å². The van der Waals surface area contributed by atoms with Gasteiger partial charge in [-0.15, -0.1) is 0 Å². The molecule has 1 heterocycles. The molecule has 2 amide bonds. The molecule has 1 atom stereocenters. The fourth-order valence-electron chi connectivity index (χ4n) is 3.20. The summed E-state index contributed by atoms with van der Waals surface area (Å²) in [7, 11) is 0. The summed E-state index contributed by atoms with van der Waals surface area (Å²) < 4.78 is 5.26. The van der Waals surface area contributed by atoms with Gasteiger partial charge in [-0.3, -0.25) is 9.59 Å². The van der Waals surface area contributed by atoms with Gasteiger partial charge >= 0.3 is 0 Å². The maximum Gasteiger partial charge on any atom is 0.246 e. The van der Waals surface area contributed by atoms with Crippen molar-refractivity contribution in [3.63, 3.8) is 0 Å². The number of rotatable bonds is 6. The molecular formula is C19H23N3O3. The van der Waals surface area contributed by atoms with E-state index in [1.165, 1.54) is 19.2 Å². The highest BCUT2D eigenvalue weighted by molar-refractivity contribution is 5.97. The Morgan fingerprint density at radius 1 is 1.32 bits per heavy atom. The normalized spacial score (nSPS) is 15.7. The Labute approximate surface area is 147 Å². The van der Waals surface area contributed by atoms with E-state index in [1.54, 1.807) is 19.2 Å². The molecule has 1 saturated carbocycles. The Bertz CT molecular complexity index is 721. The number of carbonyl (C=O) groups is 2. The SMILES string of the molecule is C[C@H](NC(=O)CC1CCCC1)C(=O)Nc1cccc(-c2cnco2)c1. The molecule has 2 N–H and O–H groups in total.